The van der Waals surface area contributed by atoms with Crippen LogP contribution in [0.4, 0.5) is 0 Å². The van der Waals surface area contributed by atoms with Crippen LogP contribution in [0.5, 0.6) is 0 Å². The maximum absolute atomic E-state index is 12.8. The Morgan fingerprint density at radius 3 is 1.08 bits per heavy atom. The number of carbonyl (C=O) groups excluding carboxylic acids is 3. The molecule has 0 N–H and O–H groups in total. The van der Waals surface area contributed by atoms with Crippen molar-refractivity contribution >= 4 is 17.9 Å². The van der Waals surface area contributed by atoms with E-state index in [9.17, 15) is 14.4 Å². The summed E-state index contributed by atoms with van der Waals surface area (Å²) in [5.41, 5.74) is 0. The lowest BCUT2D eigenvalue weighted by molar-refractivity contribution is -0.166. The van der Waals surface area contributed by atoms with E-state index in [1.807, 2.05) is 12.2 Å². The number of carbonyl (C=O) groups is 3. The van der Waals surface area contributed by atoms with Gasteiger partial charge in [-0.15, -0.1) is 0 Å². The SMILES string of the molecule is CC/C=C\C/C=C\C/C=C\C/C=C\C/C=C\CCCC(=O)OCC(COC(=O)CCCCC/C=C\CCCCCCCCC)OC(=O)CC/C=C\C/C=C\C/C=C\C/C=C\C/C=C\CC. The first kappa shape index (κ1) is 60.5. The fourth-order valence-corrected chi connectivity index (χ4v) is 6.34. The van der Waals surface area contributed by atoms with E-state index >= 15 is 0 Å². The zero-order valence-electron chi connectivity index (χ0n) is 41.4. The normalized spacial score (nSPS) is 13.2. The molecule has 0 spiro atoms. The highest BCUT2D eigenvalue weighted by atomic mass is 16.6. The van der Waals surface area contributed by atoms with Crippen molar-refractivity contribution in [2.75, 3.05) is 13.2 Å². The quantitative estimate of drug-likeness (QED) is 0.0262. The molecule has 0 bridgehead atoms. The van der Waals surface area contributed by atoms with Crippen LogP contribution in [0.2, 0.25) is 0 Å². The van der Waals surface area contributed by atoms with E-state index in [-0.39, 0.29) is 38.0 Å². The number of allylic oxidation sites excluding steroid dienone is 22. The van der Waals surface area contributed by atoms with Gasteiger partial charge in [0.25, 0.3) is 0 Å². The van der Waals surface area contributed by atoms with Gasteiger partial charge in [0.1, 0.15) is 13.2 Å². The van der Waals surface area contributed by atoms with Crippen molar-refractivity contribution in [3.8, 4) is 0 Å². The van der Waals surface area contributed by atoms with Crippen LogP contribution in [0.1, 0.15) is 201 Å². The monoisotopic (exact) mass is 897 g/mol. The highest BCUT2D eigenvalue weighted by molar-refractivity contribution is 5.71. The highest BCUT2D eigenvalue weighted by Crippen LogP contribution is 2.11. The molecule has 0 aromatic heterocycles. The lowest BCUT2D eigenvalue weighted by Crippen LogP contribution is -2.30. The second-order valence-corrected chi connectivity index (χ2v) is 16.3. The van der Waals surface area contributed by atoms with Crippen molar-refractivity contribution < 1.29 is 28.6 Å². The molecule has 0 radical (unpaired) electrons. The summed E-state index contributed by atoms with van der Waals surface area (Å²) in [7, 11) is 0. The third-order valence-corrected chi connectivity index (χ3v) is 10.1. The predicted molar refractivity (Wildman–Crippen MR) is 279 cm³/mol. The van der Waals surface area contributed by atoms with Gasteiger partial charge in [-0.1, -0.05) is 199 Å². The van der Waals surface area contributed by atoms with Crippen LogP contribution in [0, 0.1) is 0 Å². The minimum atomic E-state index is -0.851. The Morgan fingerprint density at radius 2 is 0.646 bits per heavy atom. The van der Waals surface area contributed by atoms with E-state index in [2.05, 4.69) is 142 Å². The molecule has 0 saturated carbocycles. The van der Waals surface area contributed by atoms with Gasteiger partial charge in [-0.2, -0.15) is 0 Å². The Kier molecular flexibility index (Phi) is 48.6. The van der Waals surface area contributed by atoms with Gasteiger partial charge in [-0.3, -0.25) is 14.4 Å². The number of unbranched alkanes of at least 4 members (excludes halogenated alkanes) is 11. The molecule has 0 fully saturated rings. The maximum atomic E-state index is 12.8. The van der Waals surface area contributed by atoms with Crippen LogP contribution >= 0.6 is 0 Å². The number of hydrogen-bond donors (Lipinski definition) is 0. The molecular formula is C59H92O6. The molecule has 0 aromatic rings. The van der Waals surface area contributed by atoms with Gasteiger partial charge in [-0.25, -0.2) is 0 Å². The van der Waals surface area contributed by atoms with E-state index in [0.29, 0.717) is 19.3 Å². The van der Waals surface area contributed by atoms with E-state index < -0.39 is 12.1 Å². The Morgan fingerprint density at radius 1 is 0.323 bits per heavy atom. The van der Waals surface area contributed by atoms with Gasteiger partial charge in [0, 0.05) is 19.3 Å². The molecule has 0 rings (SSSR count). The largest absolute Gasteiger partial charge is 0.462 e. The molecule has 364 valence electrons. The molecule has 0 aromatic carbocycles. The number of ether oxygens (including phenoxy) is 3. The Balaban J connectivity index is 4.64. The van der Waals surface area contributed by atoms with Crippen LogP contribution in [0.25, 0.3) is 0 Å². The van der Waals surface area contributed by atoms with Gasteiger partial charge in [-0.05, 0) is 116 Å². The van der Waals surface area contributed by atoms with Gasteiger partial charge in [0.2, 0.25) is 0 Å². The first-order valence-electron chi connectivity index (χ1n) is 25.7. The van der Waals surface area contributed by atoms with Gasteiger partial charge in [0.05, 0.1) is 0 Å². The first-order valence-corrected chi connectivity index (χ1v) is 25.7. The van der Waals surface area contributed by atoms with Crippen LogP contribution < -0.4 is 0 Å². The van der Waals surface area contributed by atoms with Crippen LogP contribution in [-0.4, -0.2) is 37.2 Å². The van der Waals surface area contributed by atoms with Gasteiger partial charge >= 0.3 is 17.9 Å². The summed E-state index contributed by atoms with van der Waals surface area (Å²) in [5, 5.41) is 0. The number of esters is 3. The average Bonchev–Trinajstić information content (AvgIpc) is 3.30. The summed E-state index contributed by atoms with van der Waals surface area (Å²) >= 11 is 0. The van der Waals surface area contributed by atoms with Crippen LogP contribution in [0.15, 0.2) is 134 Å². The fraction of sp³-hybridized carbons (Fsp3) is 0.576. The Hall–Kier alpha value is -4.45. The molecule has 0 aliphatic heterocycles. The number of hydrogen-bond acceptors (Lipinski definition) is 6. The zero-order valence-corrected chi connectivity index (χ0v) is 41.4. The topological polar surface area (TPSA) is 78.9 Å². The summed E-state index contributed by atoms with van der Waals surface area (Å²) in [6.07, 6.45) is 73.1. The molecule has 65 heavy (non-hydrogen) atoms. The molecule has 0 amide bonds. The average molecular weight is 897 g/mol. The van der Waals surface area contributed by atoms with E-state index in [0.717, 1.165) is 103 Å². The fourth-order valence-electron chi connectivity index (χ4n) is 6.34. The minimum Gasteiger partial charge on any atom is -0.462 e. The first-order chi connectivity index (χ1) is 32.0. The molecule has 0 heterocycles. The Labute approximate surface area is 398 Å². The molecule has 0 aliphatic rings. The second-order valence-electron chi connectivity index (χ2n) is 16.3. The third kappa shape index (κ3) is 50.4. The second kappa shape index (κ2) is 52.2. The standard InChI is InChI=1S/C59H92O6/c1-4-7-10-13-16-19-22-25-28-30-32-34-37-40-43-46-49-52-58(61)64-55-56(54-63-57(60)51-48-45-42-39-36-33-27-24-21-18-15-12-9-6-3)65-59(62)53-50-47-44-41-38-35-31-29-26-23-20-17-14-11-8-5-2/h7-8,10-11,16-17,19-20,25-26,28-29,32-36,38,40,43-44,47,56H,4-6,9,12-15,18,21-24,27,30-31,37,39,41-42,45-46,48-55H2,1-3H3/b10-7-,11-8-,19-16-,20-17-,28-25-,29-26-,34-32-,36-33-,38-35-,43-40-,47-44-. The molecule has 6 heteroatoms. The third-order valence-electron chi connectivity index (χ3n) is 10.1. The van der Waals surface area contributed by atoms with Crippen LogP contribution in [-0.2, 0) is 28.6 Å². The Bertz CT molecular complexity index is 1450. The van der Waals surface area contributed by atoms with Crippen LogP contribution in [0.3, 0.4) is 0 Å². The number of rotatable bonds is 44. The summed E-state index contributed by atoms with van der Waals surface area (Å²) in [4.78, 5) is 37.9. The molecule has 6 nitrogen and oxygen atoms in total. The smallest absolute Gasteiger partial charge is 0.306 e. The molecule has 1 unspecified atom stereocenters. The van der Waals surface area contributed by atoms with Gasteiger partial charge in [0.15, 0.2) is 6.10 Å². The summed E-state index contributed by atoms with van der Waals surface area (Å²) < 4.78 is 16.6. The van der Waals surface area contributed by atoms with Crippen molar-refractivity contribution in [2.45, 2.75) is 207 Å². The molecule has 1 atom stereocenters. The van der Waals surface area contributed by atoms with Crippen molar-refractivity contribution in [1.82, 2.24) is 0 Å². The van der Waals surface area contributed by atoms with Crippen molar-refractivity contribution in [3.63, 3.8) is 0 Å². The van der Waals surface area contributed by atoms with Crippen molar-refractivity contribution in [3.05, 3.63) is 134 Å². The summed E-state index contributed by atoms with van der Waals surface area (Å²) in [6, 6.07) is 0. The predicted octanol–water partition coefficient (Wildman–Crippen LogP) is 17.1. The lowest BCUT2D eigenvalue weighted by atomic mass is 10.1. The minimum absolute atomic E-state index is 0.138. The van der Waals surface area contributed by atoms with E-state index in [1.54, 1.807) is 0 Å². The summed E-state index contributed by atoms with van der Waals surface area (Å²) in [6.45, 7) is 6.26. The van der Waals surface area contributed by atoms with Crippen molar-refractivity contribution in [1.29, 1.82) is 0 Å². The van der Waals surface area contributed by atoms with Gasteiger partial charge < -0.3 is 14.2 Å². The molecule has 0 saturated heterocycles. The maximum Gasteiger partial charge on any atom is 0.306 e. The zero-order chi connectivity index (χ0) is 47.2. The lowest BCUT2D eigenvalue weighted by Gasteiger charge is -2.18. The molecular weight excluding hydrogens is 805 g/mol. The molecule has 0 aliphatic carbocycles. The van der Waals surface area contributed by atoms with E-state index in [1.165, 1.54) is 44.9 Å². The van der Waals surface area contributed by atoms with Crippen molar-refractivity contribution in [2.24, 2.45) is 0 Å². The van der Waals surface area contributed by atoms with E-state index in [4.69, 9.17) is 14.2 Å². The summed E-state index contributed by atoms with van der Waals surface area (Å²) in [5.74, 6) is -1.11. The highest BCUT2D eigenvalue weighted by Gasteiger charge is 2.19.